The third-order valence-corrected chi connectivity index (χ3v) is 1.10. The van der Waals surface area contributed by atoms with Gasteiger partial charge < -0.3 is 10.5 Å². The maximum absolute atomic E-state index is 10.8. The molecule has 0 spiro atoms. The van der Waals surface area contributed by atoms with E-state index in [1.165, 1.54) is 6.92 Å². The maximum Gasteiger partial charge on any atom is 0.323 e. The molecule has 0 rings (SSSR count). The smallest absolute Gasteiger partial charge is 0.323 e. The van der Waals surface area contributed by atoms with Crippen LogP contribution in [-0.2, 0) is 14.3 Å². The molecule has 0 amide bonds. The lowest BCUT2D eigenvalue weighted by molar-refractivity contribution is -0.145. The van der Waals surface area contributed by atoms with Crippen LogP contribution in [0.25, 0.3) is 0 Å². The van der Waals surface area contributed by atoms with Crippen molar-refractivity contribution in [2.45, 2.75) is 26.3 Å². The van der Waals surface area contributed by atoms with Crippen LogP contribution in [0.1, 0.15) is 20.3 Å². The van der Waals surface area contributed by atoms with Gasteiger partial charge in [-0.1, -0.05) is 0 Å². The van der Waals surface area contributed by atoms with Crippen LogP contribution in [0.2, 0.25) is 0 Å². The number of ether oxygens (including phenoxy) is 1. The minimum absolute atomic E-state index is 0. The number of hydrogen-bond donors (Lipinski definition) is 1. The van der Waals surface area contributed by atoms with Crippen molar-refractivity contribution in [3.05, 3.63) is 0 Å². The molecule has 0 aromatic carbocycles. The Morgan fingerprint density at radius 1 is 1.50 bits per heavy atom. The Kier molecular flexibility index (Phi) is 8.21. The summed E-state index contributed by atoms with van der Waals surface area (Å²) in [4.78, 5) is 21.3. The van der Waals surface area contributed by atoms with Gasteiger partial charge in [-0.05, 0) is 13.8 Å². The molecular formula is C7H14ClNO3. The highest BCUT2D eigenvalue weighted by Gasteiger charge is 2.15. The van der Waals surface area contributed by atoms with Gasteiger partial charge in [0, 0.05) is 6.42 Å². The molecule has 1 unspecified atom stereocenters. The fourth-order valence-corrected chi connectivity index (χ4v) is 0.642. The Hall–Kier alpha value is -0.610. The first kappa shape index (κ1) is 13.9. The first-order valence-corrected chi connectivity index (χ1v) is 3.49. The van der Waals surface area contributed by atoms with Gasteiger partial charge in [-0.15, -0.1) is 12.4 Å². The molecule has 0 saturated carbocycles. The van der Waals surface area contributed by atoms with Crippen molar-refractivity contribution >= 4 is 24.2 Å². The molecule has 0 aliphatic rings. The van der Waals surface area contributed by atoms with Crippen molar-refractivity contribution in [2.75, 3.05) is 6.61 Å². The van der Waals surface area contributed by atoms with Crippen molar-refractivity contribution < 1.29 is 14.3 Å². The first-order valence-electron chi connectivity index (χ1n) is 3.49. The number of rotatable bonds is 4. The van der Waals surface area contributed by atoms with Gasteiger partial charge in [0.1, 0.15) is 11.8 Å². The van der Waals surface area contributed by atoms with E-state index in [1.54, 1.807) is 6.92 Å². The van der Waals surface area contributed by atoms with E-state index in [-0.39, 0.29) is 24.6 Å². The summed E-state index contributed by atoms with van der Waals surface area (Å²) < 4.78 is 4.59. The van der Waals surface area contributed by atoms with Crippen LogP contribution in [0.4, 0.5) is 0 Å². The van der Waals surface area contributed by atoms with Crippen molar-refractivity contribution in [1.82, 2.24) is 0 Å². The molecule has 0 heterocycles. The minimum atomic E-state index is -0.799. The van der Waals surface area contributed by atoms with E-state index in [0.717, 1.165) is 0 Å². The van der Waals surface area contributed by atoms with E-state index in [4.69, 9.17) is 5.73 Å². The highest BCUT2D eigenvalue weighted by molar-refractivity contribution is 5.85. The number of Topliss-reactive ketones (excluding diaryl/α,β-unsaturated/α-hetero) is 1. The summed E-state index contributed by atoms with van der Waals surface area (Å²) in [6.07, 6.45) is 0.0544. The average Bonchev–Trinajstić information content (AvgIpc) is 1.86. The molecular weight excluding hydrogens is 182 g/mol. The number of halogens is 1. The van der Waals surface area contributed by atoms with E-state index < -0.39 is 12.0 Å². The lowest BCUT2D eigenvalue weighted by Gasteiger charge is -2.07. The molecule has 12 heavy (non-hydrogen) atoms. The Labute approximate surface area is 77.9 Å². The van der Waals surface area contributed by atoms with Crippen molar-refractivity contribution in [2.24, 2.45) is 5.73 Å². The lowest BCUT2D eigenvalue weighted by atomic mass is 10.2. The number of ketones is 1. The Morgan fingerprint density at radius 2 is 2.00 bits per heavy atom. The fourth-order valence-electron chi connectivity index (χ4n) is 0.642. The number of nitrogens with two attached hydrogens (primary N) is 1. The molecule has 2 N–H and O–H groups in total. The summed E-state index contributed by atoms with van der Waals surface area (Å²) in [5.41, 5.74) is 5.31. The molecule has 4 nitrogen and oxygen atoms in total. The van der Waals surface area contributed by atoms with E-state index >= 15 is 0 Å². The summed E-state index contributed by atoms with van der Waals surface area (Å²) >= 11 is 0. The Bertz CT molecular complexity index is 161. The van der Waals surface area contributed by atoms with E-state index in [0.29, 0.717) is 6.61 Å². The monoisotopic (exact) mass is 195 g/mol. The minimum Gasteiger partial charge on any atom is -0.465 e. The Balaban J connectivity index is 0. The lowest BCUT2D eigenvalue weighted by Crippen LogP contribution is -2.33. The van der Waals surface area contributed by atoms with Gasteiger partial charge in [-0.2, -0.15) is 0 Å². The van der Waals surface area contributed by atoms with Crippen LogP contribution in [0, 0.1) is 0 Å². The van der Waals surface area contributed by atoms with Gasteiger partial charge in [0.2, 0.25) is 0 Å². The zero-order valence-corrected chi connectivity index (χ0v) is 8.02. The second-order valence-electron chi connectivity index (χ2n) is 2.26. The van der Waals surface area contributed by atoms with Crippen LogP contribution >= 0.6 is 12.4 Å². The fraction of sp³-hybridized carbons (Fsp3) is 0.714. The van der Waals surface area contributed by atoms with Crippen molar-refractivity contribution in [3.8, 4) is 0 Å². The first-order chi connectivity index (χ1) is 5.07. The predicted molar refractivity (Wildman–Crippen MR) is 47.2 cm³/mol. The molecule has 0 aliphatic heterocycles. The molecule has 1 atom stereocenters. The second kappa shape index (κ2) is 7.06. The molecule has 0 saturated heterocycles. The number of carbonyl (C=O) groups is 2. The van der Waals surface area contributed by atoms with Gasteiger partial charge in [-0.3, -0.25) is 9.59 Å². The molecule has 0 radical (unpaired) electrons. The Morgan fingerprint density at radius 3 is 2.33 bits per heavy atom. The van der Waals surface area contributed by atoms with Crippen LogP contribution in [0.5, 0.6) is 0 Å². The summed E-state index contributed by atoms with van der Waals surface area (Å²) in [6.45, 7) is 3.38. The molecule has 5 heteroatoms. The highest BCUT2D eigenvalue weighted by Crippen LogP contribution is 1.92. The van der Waals surface area contributed by atoms with Gasteiger partial charge in [0.15, 0.2) is 0 Å². The van der Waals surface area contributed by atoms with Crippen LogP contribution in [-0.4, -0.2) is 24.4 Å². The molecule has 0 aliphatic carbocycles. The van der Waals surface area contributed by atoms with Crippen molar-refractivity contribution in [1.29, 1.82) is 0 Å². The largest absolute Gasteiger partial charge is 0.465 e. The van der Waals surface area contributed by atoms with Crippen LogP contribution in [0.15, 0.2) is 0 Å². The van der Waals surface area contributed by atoms with Crippen LogP contribution < -0.4 is 5.73 Å². The van der Waals surface area contributed by atoms with Crippen LogP contribution in [0.3, 0.4) is 0 Å². The molecule has 0 bridgehead atoms. The van der Waals surface area contributed by atoms with E-state index in [2.05, 4.69) is 4.74 Å². The normalized spacial score (nSPS) is 11.2. The molecule has 72 valence electrons. The zero-order chi connectivity index (χ0) is 8.85. The average molecular weight is 196 g/mol. The molecule has 0 fully saturated rings. The van der Waals surface area contributed by atoms with E-state index in [9.17, 15) is 9.59 Å². The second-order valence-corrected chi connectivity index (χ2v) is 2.26. The third kappa shape index (κ3) is 6.12. The summed E-state index contributed by atoms with van der Waals surface area (Å²) in [6, 6.07) is -0.799. The van der Waals surface area contributed by atoms with Gasteiger partial charge in [-0.25, -0.2) is 0 Å². The van der Waals surface area contributed by atoms with Crippen molar-refractivity contribution in [3.63, 3.8) is 0 Å². The number of hydrogen-bond acceptors (Lipinski definition) is 4. The summed E-state index contributed by atoms with van der Waals surface area (Å²) in [5.74, 6) is -0.617. The summed E-state index contributed by atoms with van der Waals surface area (Å²) in [5, 5.41) is 0. The van der Waals surface area contributed by atoms with Gasteiger partial charge >= 0.3 is 5.97 Å². The maximum atomic E-state index is 10.8. The predicted octanol–water partition coefficient (Wildman–Crippen LogP) is 0.278. The van der Waals surface area contributed by atoms with E-state index in [1.807, 2.05) is 0 Å². The SMILES string of the molecule is CCOC(=O)C(N)CC(C)=O.Cl. The highest BCUT2D eigenvalue weighted by atomic mass is 35.5. The number of esters is 1. The summed E-state index contributed by atoms with van der Waals surface area (Å²) in [7, 11) is 0. The topological polar surface area (TPSA) is 69.4 Å². The zero-order valence-electron chi connectivity index (χ0n) is 7.20. The number of carbonyl (C=O) groups excluding carboxylic acids is 2. The van der Waals surface area contributed by atoms with Gasteiger partial charge in [0.05, 0.1) is 6.61 Å². The molecule has 0 aromatic heterocycles. The third-order valence-electron chi connectivity index (χ3n) is 1.10. The van der Waals surface area contributed by atoms with Gasteiger partial charge in [0.25, 0.3) is 0 Å². The quantitative estimate of drug-likeness (QED) is 0.655. The molecule has 0 aromatic rings. The standard InChI is InChI=1S/C7H13NO3.ClH/c1-3-11-7(10)6(8)4-5(2)9;/h6H,3-4,8H2,1-2H3;1H.